The molecule has 11 aromatic rings. The van der Waals surface area contributed by atoms with Gasteiger partial charge in [-0.2, -0.15) is 0 Å². The van der Waals surface area contributed by atoms with E-state index in [-0.39, 0.29) is 0 Å². The molecule has 0 radical (unpaired) electrons. The van der Waals surface area contributed by atoms with Crippen molar-refractivity contribution in [1.29, 1.82) is 0 Å². The summed E-state index contributed by atoms with van der Waals surface area (Å²) >= 11 is 1.68. The summed E-state index contributed by atoms with van der Waals surface area (Å²) in [6.45, 7) is 0. The summed E-state index contributed by atoms with van der Waals surface area (Å²) in [6, 6.07) is 53.8. The highest BCUT2D eigenvalue weighted by molar-refractivity contribution is 7.25. The van der Waals surface area contributed by atoms with Crippen molar-refractivity contribution in [3.05, 3.63) is 164 Å². The van der Waals surface area contributed by atoms with Crippen LogP contribution >= 0.6 is 11.3 Å². The number of rotatable bonds is 6. The average molecular weight is 702 g/mol. The van der Waals surface area contributed by atoms with E-state index in [2.05, 4.69) is 94.7 Å². The first-order chi connectivity index (χ1) is 26.2. The molecule has 0 amide bonds. The minimum absolute atomic E-state index is 0.712. The van der Waals surface area contributed by atoms with Gasteiger partial charge >= 0.3 is 0 Å². The number of hydrogen-bond donors (Lipinski definition) is 0. The van der Waals surface area contributed by atoms with Gasteiger partial charge in [-0.25, -0.2) is 4.98 Å². The second kappa shape index (κ2) is 11.8. The highest BCUT2D eigenvalue weighted by atomic mass is 32.1. The Balaban J connectivity index is 1.03. The molecule has 6 aromatic carbocycles. The van der Waals surface area contributed by atoms with Gasteiger partial charge in [0.15, 0.2) is 5.82 Å². The van der Waals surface area contributed by atoms with Crippen LogP contribution in [-0.4, -0.2) is 15.2 Å². The Labute approximate surface area is 306 Å². The highest BCUT2D eigenvalue weighted by Gasteiger charge is 2.21. The maximum Gasteiger partial charge on any atom is 0.161 e. The van der Waals surface area contributed by atoms with Crippen molar-refractivity contribution in [3.8, 4) is 0 Å². The quantitative estimate of drug-likeness (QED) is 0.171. The van der Waals surface area contributed by atoms with Crippen LogP contribution in [0.2, 0.25) is 0 Å². The molecule has 0 aliphatic carbocycles. The lowest BCUT2D eigenvalue weighted by atomic mass is 10.1. The summed E-state index contributed by atoms with van der Waals surface area (Å²) in [7, 11) is 0. The second-order valence-corrected chi connectivity index (χ2v) is 14.0. The molecule has 0 fully saturated rings. The van der Waals surface area contributed by atoms with Gasteiger partial charge in [0.2, 0.25) is 0 Å². The van der Waals surface area contributed by atoms with Crippen molar-refractivity contribution in [2.75, 3.05) is 9.80 Å². The van der Waals surface area contributed by atoms with E-state index in [4.69, 9.17) is 24.0 Å². The van der Waals surface area contributed by atoms with Gasteiger partial charge in [-0.05, 0) is 66.7 Å². The molecule has 11 rings (SSSR count). The highest BCUT2D eigenvalue weighted by Crippen LogP contribution is 2.43. The molecule has 53 heavy (non-hydrogen) atoms. The summed E-state index contributed by atoms with van der Waals surface area (Å²) in [6.07, 6.45) is 1.91. The Morgan fingerprint density at radius 2 is 0.906 bits per heavy atom. The van der Waals surface area contributed by atoms with Crippen molar-refractivity contribution >= 4 is 110 Å². The van der Waals surface area contributed by atoms with E-state index < -0.39 is 0 Å². The van der Waals surface area contributed by atoms with Gasteiger partial charge in [0.05, 0.1) is 16.1 Å². The lowest BCUT2D eigenvalue weighted by Gasteiger charge is -2.24. The molecule has 0 aliphatic rings. The maximum atomic E-state index is 6.28. The smallest absolute Gasteiger partial charge is 0.161 e. The van der Waals surface area contributed by atoms with Gasteiger partial charge in [-0.15, -0.1) is 21.5 Å². The largest absolute Gasteiger partial charge is 0.456 e. The Morgan fingerprint density at radius 1 is 0.396 bits per heavy atom. The molecule has 250 valence electrons. The molecule has 0 spiro atoms. The van der Waals surface area contributed by atoms with Crippen LogP contribution in [0.5, 0.6) is 0 Å². The molecular weight excluding hydrogens is 675 g/mol. The fraction of sp³-hybridized carbons (Fsp3) is 0. The summed E-state index contributed by atoms with van der Waals surface area (Å²) < 4.78 is 14.6. The van der Waals surface area contributed by atoms with Crippen LogP contribution in [0.1, 0.15) is 0 Å². The third kappa shape index (κ3) is 4.84. The standard InChI is InChI=1S/C45H27N5O2S/c1-3-11-28(12-4-1)49(30-19-21-34-32-15-7-9-17-37(32)51-39(34)23-30)43-25-41-36(27-46-43)45-42(53-41)26-44(47-48-45)50(29-13-5-2-6-14-29)31-20-22-35-33-16-8-10-18-38(33)52-40(35)24-31/h1-27H. The van der Waals surface area contributed by atoms with E-state index in [0.717, 1.165) is 92.7 Å². The Kier molecular flexibility index (Phi) is 6.59. The molecule has 8 heteroatoms. The number of pyridine rings is 1. The van der Waals surface area contributed by atoms with E-state index in [1.807, 2.05) is 79.0 Å². The van der Waals surface area contributed by atoms with Gasteiger partial charge in [-0.3, -0.25) is 9.80 Å². The van der Waals surface area contributed by atoms with Gasteiger partial charge in [0.1, 0.15) is 33.7 Å². The molecule has 0 N–H and O–H groups in total. The first kappa shape index (κ1) is 29.7. The minimum Gasteiger partial charge on any atom is -0.456 e. The zero-order valence-corrected chi connectivity index (χ0v) is 28.9. The third-order valence-electron chi connectivity index (χ3n) is 9.80. The number of para-hydroxylation sites is 4. The zero-order valence-electron chi connectivity index (χ0n) is 28.0. The van der Waals surface area contributed by atoms with Crippen LogP contribution in [0.25, 0.3) is 64.2 Å². The van der Waals surface area contributed by atoms with Crippen molar-refractivity contribution in [2.45, 2.75) is 0 Å². The van der Waals surface area contributed by atoms with Gasteiger partial charge in [-0.1, -0.05) is 72.8 Å². The number of thiophene rings is 1. The molecule has 0 saturated carbocycles. The molecule has 5 aromatic heterocycles. The summed E-state index contributed by atoms with van der Waals surface area (Å²) in [5.41, 5.74) is 8.07. The number of nitrogens with zero attached hydrogens (tertiary/aromatic N) is 5. The summed E-state index contributed by atoms with van der Waals surface area (Å²) in [4.78, 5) is 9.31. The van der Waals surface area contributed by atoms with Gasteiger partial charge in [0.25, 0.3) is 0 Å². The molecule has 5 heterocycles. The average Bonchev–Trinajstić information content (AvgIpc) is 3.89. The van der Waals surface area contributed by atoms with Crippen LogP contribution in [-0.2, 0) is 0 Å². The fourth-order valence-corrected chi connectivity index (χ4v) is 8.43. The monoisotopic (exact) mass is 701 g/mol. The normalized spacial score (nSPS) is 11.8. The lowest BCUT2D eigenvalue weighted by Crippen LogP contribution is -2.12. The molecule has 0 saturated heterocycles. The van der Waals surface area contributed by atoms with Crippen molar-refractivity contribution in [3.63, 3.8) is 0 Å². The molecule has 0 bridgehead atoms. The predicted octanol–water partition coefficient (Wildman–Crippen LogP) is 13.0. The third-order valence-corrected chi connectivity index (χ3v) is 10.9. The summed E-state index contributed by atoms with van der Waals surface area (Å²) in [5.74, 6) is 1.51. The molecule has 7 nitrogen and oxygen atoms in total. The second-order valence-electron chi connectivity index (χ2n) is 13.0. The number of benzene rings is 6. The van der Waals surface area contributed by atoms with E-state index in [9.17, 15) is 0 Å². The maximum absolute atomic E-state index is 6.28. The molecular formula is C45H27N5O2S. The number of fused-ring (bicyclic) bond motifs is 9. The van der Waals surface area contributed by atoms with Gasteiger partial charge < -0.3 is 8.83 Å². The topological polar surface area (TPSA) is 71.4 Å². The van der Waals surface area contributed by atoms with Crippen molar-refractivity contribution < 1.29 is 8.83 Å². The minimum atomic E-state index is 0.712. The fourth-order valence-electron chi connectivity index (χ4n) is 7.36. The first-order valence-electron chi connectivity index (χ1n) is 17.3. The first-order valence-corrected chi connectivity index (χ1v) is 18.2. The van der Waals surface area contributed by atoms with Crippen molar-refractivity contribution in [1.82, 2.24) is 15.2 Å². The van der Waals surface area contributed by atoms with E-state index >= 15 is 0 Å². The van der Waals surface area contributed by atoms with Gasteiger partial charge in [0, 0.05) is 67.4 Å². The van der Waals surface area contributed by atoms with Crippen LogP contribution in [0, 0.1) is 0 Å². The van der Waals surface area contributed by atoms with Crippen LogP contribution in [0.15, 0.2) is 173 Å². The number of aromatic nitrogens is 3. The van der Waals surface area contributed by atoms with E-state index in [1.165, 1.54) is 0 Å². The Morgan fingerprint density at radius 3 is 1.51 bits per heavy atom. The van der Waals surface area contributed by atoms with Crippen LogP contribution < -0.4 is 9.80 Å². The molecule has 0 aliphatic heterocycles. The number of anilines is 6. The molecule has 0 unspecified atom stereocenters. The van der Waals surface area contributed by atoms with E-state index in [0.29, 0.717) is 5.82 Å². The van der Waals surface area contributed by atoms with Crippen LogP contribution in [0.3, 0.4) is 0 Å². The van der Waals surface area contributed by atoms with Crippen molar-refractivity contribution in [2.24, 2.45) is 0 Å². The lowest BCUT2D eigenvalue weighted by molar-refractivity contribution is 0.668. The predicted molar refractivity (Wildman–Crippen MR) is 217 cm³/mol. The van der Waals surface area contributed by atoms with E-state index in [1.54, 1.807) is 11.3 Å². The van der Waals surface area contributed by atoms with Crippen LogP contribution in [0.4, 0.5) is 34.4 Å². The SMILES string of the molecule is c1ccc(N(c2ccc3c(c2)oc2ccccc23)c2cc3sc4cc(N(c5ccccc5)c5ccc6c(c5)oc5ccccc56)nnc4c3cn2)cc1. The number of hydrogen-bond acceptors (Lipinski definition) is 8. The Bertz CT molecular complexity index is 2940. The molecule has 0 atom stereocenters. The summed E-state index contributed by atoms with van der Waals surface area (Å²) in [5, 5.41) is 14.9. The zero-order chi connectivity index (χ0) is 34.9. The Hall–Kier alpha value is -7.03. The number of furan rings is 2.